The maximum atomic E-state index is 13.4. The molecule has 4 nitrogen and oxygen atoms in total. The highest BCUT2D eigenvalue weighted by Gasteiger charge is 2.14. The number of nitrogens with zero attached hydrogens (tertiary/aromatic N) is 3. The van der Waals surface area contributed by atoms with Gasteiger partial charge in [0.2, 0.25) is 0 Å². The molecule has 0 unspecified atom stereocenters. The number of aliphatic hydroxyl groups is 1. The van der Waals surface area contributed by atoms with Crippen LogP contribution in [0.5, 0.6) is 0 Å². The summed E-state index contributed by atoms with van der Waals surface area (Å²) >= 11 is 0. The van der Waals surface area contributed by atoms with E-state index in [2.05, 4.69) is 17.2 Å². The molecule has 0 aliphatic rings. The van der Waals surface area contributed by atoms with Crippen molar-refractivity contribution in [1.29, 1.82) is 0 Å². The van der Waals surface area contributed by atoms with Gasteiger partial charge in [0.05, 0.1) is 12.3 Å². The van der Waals surface area contributed by atoms with Crippen molar-refractivity contribution in [3.05, 3.63) is 35.8 Å². The van der Waals surface area contributed by atoms with E-state index in [0.29, 0.717) is 17.0 Å². The minimum atomic E-state index is -0.299. The lowest BCUT2D eigenvalue weighted by molar-refractivity contribution is 0.277. The van der Waals surface area contributed by atoms with Crippen molar-refractivity contribution >= 4 is 0 Å². The van der Waals surface area contributed by atoms with Gasteiger partial charge in [-0.25, -0.2) is 9.07 Å². The third-order valence-corrected chi connectivity index (χ3v) is 3.53. The van der Waals surface area contributed by atoms with Gasteiger partial charge in [-0.2, -0.15) is 0 Å². The molecular formula is C16H22FN3O. The molecule has 1 aromatic carbocycles. The largest absolute Gasteiger partial charge is 0.390 e. The molecule has 0 saturated carbocycles. The van der Waals surface area contributed by atoms with Crippen LogP contribution in [0.15, 0.2) is 24.3 Å². The molecule has 5 heteroatoms. The topological polar surface area (TPSA) is 50.9 Å². The Hall–Kier alpha value is -1.75. The van der Waals surface area contributed by atoms with E-state index in [9.17, 15) is 9.50 Å². The highest BCUT2D eigenvalue weighted by Crippen LogP contribution is 2.23. The first-order valence-electron chi connectivity index (χ1n) is 7.55. The lowest BCUT2D eigenvalue weighted by atomic mass is 10.1. The fourth-order valence-corrected chi connectivity index (χ4v) is 2.43. The van der Waals surface area contributed by atoms with E-state index in [-0.39, 0.29) is 12.4 Å². The number of aliphatic hydroxyl groups excluding tert-OH is 1. The van der Waals surface area contributed by atoms with Crippen molar-refractivity contribution < 1.29 is 9.50 Å². The van der Waals surface area contributed by atoms with E-state index in [1.165, 1.54) is 31.4 Å². The average Bonchev–Trinajstić information content (AvgIpc) is 2.90. The van der Waals surface area contributed by atoms with Gasteiger partial charge in [-0.15, -0.1) is 5.10 Å². The molecule has 1 N–H and O–H groups in total. The number of hydrogen-bond donors (Lipinski definition) is 1. The van der Waals surface area contributed by atoms with Crippen molar-refractivity contribution in [3.63, 3.8) is 0 Å². The molecule has 0 fully saturated rings. The molecule has 0 aliphatic heterocycles. The lowest BCUT2D eigenvalue weighted by Crippen LogP contribution is -2.03. The van der Waals surface area contributed by atoms with Crippen LogP contribution in [0.4, 0.5) is 4.39 Å². The van der Waals surface area contributed by atoms with E-state index >= 15 is 0 Å². The van der Waals surface area contributed by atoms with Crippen molar-refractivity contribution in [2.24, 2.45) is 0 Å². The van der Waals surface area contributed by atoms with Gasteiger partial charge >= 0.3 is 0 Å². The molecule has 21 heavy (non-hydrogen) atoms. The summed E-state index contributed by atoms with van der Waals surface area (Å²) in [5, 5.41) is 17.5. The summed E-state index contributed by atoms with van der Waals surface area (Å²) in [5.74, 6) is -0.299. The Morgan fingerprint density at radius 1 is 1.19 bits per heavy atom. The van der Waals surface area contributed by atoms with Crippen LogP contribution >= 0.6 is 0 Å². The molecule has 2 aromatic rings. The molecule has 1 aromatic heterocycles. The van der Waals surface area contributed by atoms with Crippen molar-refractivity contribution in [3.8, 4) is 11.3 Å². The zero-order valence-corrected chi connectivity index (χ0v) is 12.4. The summed E-state index contributed by atoms with van der Waals surface area (Å²) in [4.78, 5) is 0. The van der Waals surface area contributed by atoms with E-state index in [4.69, 9.17) is 0 Å². The number of hydrogen-bond acceptors (Lipinski definition) is 3. The molecule has 0 bridgehead atoms. The third kappa shape index (κ3) is 4.11. The Labute approximate surface area is 124 Å². The van der Waals surface area contributed by atoms with Gasteiger partial charge in [0.15, 0.2) is 0 Å². The number of halogens is 1. The number of unbranched alkanes of at least 4 members (excludes halogenated alkanes) is 4. The maximum Gasteiger partial charge on any atom is 0.123 e. The van der Waals surface area contributed by atoms with Crippen LogP contribution in [0.2, 0.25) is 0 Å². The second-order valence-electron chi connectivity index (χ2n) is 5.19. The van der Waals surface area contributed by atoms with Gasteiger partial charge in [0, 0.05) is 12.1 Å². The molecule has 0 radical (unpaired) electrons. The first-order valence-corrected chi connectivity index (χ1v) is 7.55. The fraction of sp³-hybridized carbons (Fsp3) is 0.500. The normalized spacial score (nSPS) is 11.0. The fourth-order valence-electron chi connectivity index (χ4n) is 2.43. The van der Waals surface area contributed by atoms with Crippen molar-refractivity contribution in [2.45, 2.75) is 52.2 Å². The van der Waals surface area contributed by atoms with E-state index < -0.39 is 0 Å². The smallest absolute Gasteiger partial charge is 0.123 e. The highest BCUT2D eigenvalue weighted by molar-refractivity contribution is 5.61. The van der Waals surface area contributed by atoms with Crippen LogP contribution in [0.25, 0.3) is 11.3 Å². The minimum absolute atomic E-state index is 0.193. The molecule has 0 aliphatic carbocycles. The van der Waals surface area contributed by atoms with E-state index in [1.54, 1.807) is 10.7 Å². The standard InChI is InChI=1S/C16H22FN3O/c1-2-3-4-5-6-10-20-16(15(12-21)18-19-20)13-8-7-9-14(17)11-13/h7-9,11,21H,2-6,10,12H2,1H3. The predicted octanol–water partition coefficient (Wildman–Crippen LogP) is 3.55. The van der Waals surface area contributed by atoms with Gasteiger partial charge in [0.1, 0.15) is 11.5 Å². The van der Waals surface area contributed by atoms with Crippen LogP contribution in [0.3, 0.4) is 0 Å². The molecule has 0 spiro atoms. The van der Waals surface area contributed by atoms with Crippen LogP contribution in [-0.4, -0.2) is 20.1 Å². The summed E-state index contributed by atoms with van der Waals surface area (Å²) in [7, 11) is 0. The second-order valence-corrected chi connectivity index (χ2v) is 5.19. The van der Waals surface area contributed by atoms with Gasteiger partial charge in [-0.1, -0.05) is 50.0 Å². The quantitative estimate of drug-likeness (QED) is 0.757. The monoisotopic (exact) mass is 291 g/mol. The van der Waals surface area contributed by atoms with Gasteiger partial charge in [0.25, 0.3) is 0 Å². The number of rotatable bonds is 8. The van der Waals surface area contributed by atoms with Crippen LogP contribution in [-0.2, 0) is 13.2 Å². The third-order valence-electron chi connectivity index (χ3n) is 3.53. The summed E-state index contributed by atoms with van der Waals surface area (Å²) in [6.45, 7) is 2.73. The average molecular weight is 291 g/mol. The van der Waals surface area contributed by atoms with E-state index in [1.807, 2.05) is 6.07 Å². The number of benzene rings is 1. The highest BCUT2D eigenvalue weighted by atomic mass is 19.1. The SMILES string of the molecule is CCCCCCCn1nnc(CO)c1-c1cccc(F)c1. The molecule has 1 heterocycles. The Morgan fingerprint density at radius 3 is 2.71 bits per heavy atom. The zero-order valence-electron chi connectivity index (χ0n) is 12.4. The zero-order chi connectivity index (χ0) is 15.1. The molecule has 0 amide bonds. The van der Waals surface area contributed by atoms with E-state index in [0.717, 1.165) is 19.4 Å². The van der Waals surface area contributed by atoms with Gasteiger partial charge in [-0.3, -0.25) is 0 Å². The molecule has 114 valence electrons. The van der Waals surface area contributed by atoms with Crippen LogP contribution in [0.1, 0.15) is 44.7 Å². The number of aromatic nitrogens is 3. The summed E-state index contributed by atoms with van der Waals surface area (Å²) in [6, 6.07) is 6.32. The Morgan fingerprint density at radius 2 is 2.00 bits per heavy atom. The summed E-state index contributed by atoms with van der Waals surface area (Å²) in [5.41, 5.74) is 1.92. The minimum Gasteiger partial charge on any atom is -0.390 e. The maximum absolute atomic E-state index is 13.4. The molecule has 2 rings (SSSR count). The van der Waals surface area contributed by atoms with Gasteiger partial charge in [-0.05, 0) is 18.6 Å². The van der Waals surface area contributed by atoms with Crippen LogP contribution < -0.4 is 0 Å². The van der Waals surface area contributed by atoms with Crippen LogP contribution in [0, 0.1) is 5.82 Å². The van der Waals surface area contributed by atoms with Crippen molar-refractivity contribution in [1.82, 2.24) is 15.0 Å². The molecule has 0 saturated heterocycles. The Balaban J connectivity index is 2.13. The van der Waals surface area contributed by atoms with Crippen molar-refractivity contribution in [2.75, 3.05) is 0 Å². The Kier molecular flexibility index (Phi) is 5.87. The second kappa shape index (κ2) is 7.88. The first-order chi connectivity index (χ1) is 10.3. The summed E-state index contributed by atoms with van der Waals surface area (Å²) < 4.78 is 15.2. The molecule has 0 atom stereocenters. The predicted molar refractivity (Wildman–Crippen MR) is 80.1 cm³/mol. The molecular weight excluding hydrogens is 269 g/mol. The van der Waals surface area contributed by atoms with Gasteiger partial charge < -0.3 is 5.11 Å². The first kappa shape index (κ1) is 15.6. The Bertz CT molecular complexity index is 568. The summed E-state index contributed by atoms with van der Waals surface area (Å²) in [6.07, 6.45) is 5.83. The number of aryl methyl sites for hydroxylation is 1. The lowest BCUT2D eigenvalue weighted by Gasteiger charge is -2.08.